The molecular formula is C21H27NO2. The Bertz CT molecular complexity index is 735. The molecule has 24 heavy (non-hydrogen) atoms. The summed E-state index contributed by atoms with van der Waals surface area (Å²) in [6.07, 6.45) is -0.565. The van der Waals surface area contributed by atoms with E-state index in [0.717, 1.165) is 33.7 Å². The van der Waals surface area contributed by atoms with E-state index < -0.39 is 6.10 Å². The second-order valence-corrected chi connectivity index (χ2v) is 6.64. The van der Waals surface area contributed by atoms with Crippen LogP contribution in [0.1, 0.15) is 48.9 Å². The van der Waals surface area contributed by atoms with Crippen molar-refractivity contribution in [3.8, 4) is 5.75 Å². The highest BCUT2D eigenvalue weighted by molar-refractivity contribution is 5.95. The third-order valence-corrected chi connectivity index (χ3v) is 4.40. The maximum Gasteiger partial charge on any atom is 0.265 e. The molecule has 0 fully saturated rings. The van der Waals surface area contributed by atoms with Crippen molar-refractivity contribution in [2.75, 3.05) is 5.32 Å². The summed E-state index contributed by atoms with van der Waals surface area (Å²) in [5.74, 6) is 0.967. The Morgan fingerprint density at radius 2 is 1.58 bits per heavy atom. The average Bonchev–Trinajstić information content (AvgIpc) is 2.53. The number of para-hydroxylation sites is 1. The van der Waals surface area contributed by atoms with Crippen molar-refractivity contribution in [2.45, 2.75) is 53.6 Å². The lowest BCUT2D eigenvalue weighted by molar-refractivity contribution is -0.122. The Balaban J connectivity index is 2.17. The van der Waals surface area contributed by atoms with E-state index in [-0.39, 0.29) is 5.91 Å². The Morgan fingerprint density at radius 3 is 2.25 bits per heavy atom. The van der Waals surface area contributed by atoms with Crippen molar-refractivity contribution in [1.29, 1.82) is 0 Å². The number of hydrogen-bond donors (Lipinski definition) is 1. The van der Waals surface area contributed by atoms with Crippen LogP contribution in [0.3, 0.4) is 0 Å². The van der Waals surface area contributed by atoms with E-state index in [4.69, 9.17) is 4.74 Å². The van der Waals surface area contributed by atoms with Gasteiger partial charge in [0.1, 0.15) is 5.75 Å². The number of ether oxygens (including phenoxy) is 1. The van der Waals surface area contributed by atoms with Crippen LogP contribution in [0.5, 0.6) is 5.75 Å². The van der Waals surface area contributed by atoms with Crippen LogP contribution >= 0.6 is 0 Å². The Hall–Kier alpha value is -2.29. The van der Waals surface area contributed by atoms with Crippen molar-refractivity contribution in [2.24, 2.45) is 0 Å². The molecule has 3 heteroatoms. The van der Waals surface area contributed by atoms with Gasteiger partial charge in [-0.3, -0.25) is 4.79 Å². The summed E-state index contributed by atoms with van der Waals surface area (Å²) in [5.41, 5.74) is 5.32. The number of rotatable bonds is 5. The van der Waals surface area contributed by atoms with Crippen LogP contribution in [0, 0.1) is 20.8 Å². The quantitative estimate of drug-likeness (QED) is 0.826. The highest BCUT2D eigenvalue weighted by Gasteiger charge is 2.19. The smallest absolute Gasteiger partial charge is 0.265 e. The van der Waals surface area contributed by atoms with E-state index in [9.17, 15) is 4.79 Å². The van der Waals surface area contributed by atoms with Crippen molar-refractivity contribution >= 4 is 11.6 Å². The first-order valence-electron chi connectivity index (χ1n) is 8.44. The minimum atomic E-state index is -0.565. The summed E-state index contributed by atoms with van der Waals surface area (Å²) < 4.78 is 5.89. The van der Waals surface area contributed by atoms with Gasteiger partial charge < -0.3 is 10.1 Å². The molecule has 0 heterocycles. The highest BCUT2D eigenvalue weighted by Crippen LogP contribution is 2.28. The van der Waals surface area contributed by atoms with Crippen molar-refractivity contribution in [1.82, 2.24) is 0 Å². The van der Waals surface area contributed by atoms with Crippen molar-refractivity contribution in [3.05, 3.63) is 58.7 Å². The predicted octanol–water partition coefficient (Wildman–Crippen LogP) is 5.14. The van der Waals surface area contributed by atoms with Crippen LogP contribution in [0.2, 0.25) is 0 Å². The second-order valence-electron chi connectivity index (χ2n) is 6.64. The van der Waals surface area contributed by atoms with E-state index in [1.54, 1.807) is 6.92 Å². The molecule has 0 radical (unpaired) electrons. The van der Waals surface area contributed by atoms with E-state index >= 15 is 0 Å². The van der Waals surface area contributed by atoms with Crippen molar-refractivity contribution in [3.63, 3.8) is 0 Å². The van der Waals surface area contributed by atoms with Crippen LogP contribution in [-0.2, 0) is 4.79 Å². The van der Waals surface area contributed by atoms with Gasteiger partial charge in [0.15, 0.2) is 6.10 Å². The van der Waals surface area contributed by atoms with Crippen LogP contribution in [0.25, 0.3) is 0 Å². The number of benzene rings is 2. The van der Waals surface area contributed by atoms with Gasteiger partial charge >= 0.3 is 0 Å². The van der Waals surface area contributed by atoms with E-state index in [1.807, 2.05) is 51.1 Å². The Morgan fingerprint density at radius 1 is 0.958 bits per heavy atom. The van der Waals surface area contributed by atoms with E-state index in [1.165, 1.54) is 0 Å². The van der Waals surface area contributed by atoms with Crippen LogP contribution in [0.15, 0.2) is 36.4 Å². The molecule has 0 saturated heterocycles. The number of carbonyl (C=O) groups is 1. The number of aryl methyl sites for hydroxylation is 2. The largest absolute Gasteiger partial charge is 0.481 e. The summed E-state index contributed by atoms with van der Waals surface area (Å²) in [5, 5.41) is 3.05. The first kappa shape index (κ1) is 18.1. The Labute approximate surface area is 145 Å². The molecule has 2 aromatic rings. The summed E-state index contributed by atoms with van der Waals surface area (Å²) in [6, 6.07) is 12.0. The number of hydrogen-bond acceptors (Lipinski definition) is 2. The van der Waals surface area contributed by atoms with Crippen LogP contribution in [0.4, 0.5) is 5.69 Å². The normalized spacial score (nSPS) is 12.1. The standard InChI is InChI=1S/C21H27NO2/c1-13(2)18-11-7-10-15(4)20(18)22-21(23)17(6)24-19-12-8-9-14(3)16(19)5/h7-13,17H,1-6H3,(H,22,23)/t17-/m0/s1. The zero-order valence-corrected chi connectivity index (χ0v) is 15.4. The molecule has 128 valence electrons. The van der Waals surface area contributed by atoms with Gasteiger partial charge in [-0.1, -0.05) is 44.2 Å². The van der Waals surface area contributed by atoms with Crippen LogP contribution < -0.4 is 10.1 Å². The molecule has 0 bridgehead atoms. The van der Waals surface area contributed by atoms with Gasteiger partial charge in [0.05, 0.1) is 0 Å². The molecule has 2 aromatic carbocycles. The topological polar surface area (TPSA) is 38.3 Å². The maximum absolute atomic E-state index is 12.6. The SMILES string of the molecule is Cc1cccc(O[C@@H](C)C(=O)Nc2c(C)cccc2C(C)C)c1C. The Kier molecular flexibility index (Phi) is 5.66. The van der Waals surface area contributed by atoms with Gasteiger partial charge in [-0.2, -0.15) is 0 Å². The highest BCUT2D eigenvalue weighted by atomic mass is 16.5. The number of anilines is 1. The van der Waals surface area contributed by atoms with Gasteiger partial charge in [-0.25, -0.2) is 0 Å². The maximum atomic E-state index is 12.6. The fourth-order valence-corrected chi connectivity index (χ4v) is 2.66. The lowest BCUT2D eigenvalue weighted by atomic mass is 9.98. The molecule has 1 N–H and O–H groups in total. The molecule has 0 saturated carbocycles. The molecule has 0 unspecified atom stereocenters. The first-order chi connectivity index (χ1) is 11.3. The van der Waals surface area contributed by atoms with Gasteiger partial charge in [0.25, 0.3) is 5.91 Å². The monoisotopic (exact) mass is 325 g/mol. The average molecular weight is 325 g/mol. The van der Waals surface area contributed by atoms with E-state index in [2.05, 4.69) is 25.2 Å². The summed E-state index contributed by atoms with van der Waals surface area (Å²) >= 11 is 0. The number of carbonyl (C=O) groups excluding carboxylic acids is 1. The van der Waals surface area contributed by atoms with Crippen molar-refractivity contribution < 1.29 is 9.53 Å². The minimum absolute atomic E-state index is 0.132. The molecule has 0 aliphatic rings. The molecular weight excluding hydrogens is 298 g/mol. The molecule has 3 nitrogen and oxygen atoms in total. The van der Waals surface area contributed by atoms with Gasteiger partial charge in [0.2, 0.25) is 0 Å². The minimum Gasteiger partial charge on any atom is -0.481 e. The van der Waals surface area contributed by atoms with Crippen LogP contribution in [-0.4, -0.2) is 12.0 Å². The van der Waals surface area contributed by atoms with Gasteiger partial charge in [-0.15, -0.1) is 0 Å². The lowest BCUT2D eigenvalue weighted by Gasteiger charge is -2.20. The molecule has 0 aromatic heterocycles. The molecule has 1 amide bonds. The first-order valence-corrected chi connectivity index (χ1v) is 8.44. The van der Waals surface area contributed by atoms with Gasteiger partial charge in [-0.05, 0) is 61.9 Å². The molecule has 0 aliphatic carbocycles. The third-order valence-electron chi connectivity index (χ3n) is 4.40. The number of nitrogens with one attached hydrogen (secondary N) is 1. The fourth-order valence-electron chi connectivity index (χ4n) is 2.66. The summed E-state index contributed by atoms with van der Waals surface area (Å²) in [4.78, 5) is 12.6. The second kappa shape index (κ2) is 7.52. The molecule has 0 spiro atoms. The predicted molar refractivity (Wildman–Crippen MR) is 99.9 cm³/mol. The molecule has 0 aliphatic heterocycles. The van der Waals surface area contributed by atoms with E-state index in [0.29, 0.717) is 5.92 Å². The lowest BCUT2D eigenvalue weighted by Crippen LogP contribution is -2.31. The summed E-state index contributed by atoms with van der Waals surface area (Å²) in [6.45, 7) is 12.1. The zero-order chi connectivity index (χ0) is 17.9. The fraction of sp³-hybridized carbons (Fsp3) is 0.381. The summed E-state index contributed by atoms with van der Waals surface area (Å²) in [7, 11) is 0. The molecule has 2 rings (SSSR count). The number of amides is 1. The third kappa shape index (κ3) is 3.97. The molecule has 1 atom stereocenters. The zero-order valence-electron chi connectivity index (χ0n) is 15.4. The van der Waals surface area contributed by atoms with Gasteiger partial charge in [0, 0.05) is 5.69 Å².